The van der Waals surface area contributed by atoms with Crippen LogP contribution in [0.1, 0.15) is 24.8 Å². The van der Waals surface area contributed by atoms with E-state index in [-0.39, 0.29) is 18.0 Å². The lowest BCUT2D eigenvalue weighted by atomic mass is 10.0. The first kappa shape index (κ1) is 21.3. The fraction of sp³-hybridized carbons (Fsp3) is 0.500. The summed E-state index contributed by atoms with van der Waals surface area (Å²) in [6, 6.07) is 17.1. The molecule has 2 atom stereocenters. The smallest absolute Gasteiger partial charge is 0.244 e. The number of rotatable bonds is 7. The molecule has 3 saturated heterocycles. The van der Waals surface area contributed by atoms with Gasteiger partial charge in [0.1, 0.15) is 11.5 Å². The maximum Gasteiger partial charge on any atom is 0.244 e. The minimum absolute atomic E-state index is 0.00299. The van der Waals surface area contributed by atoms with Gasteiger partial charge in [0.2, 0.25) is 5.91 Å². The standard InChI is InChI=1S/C26H33N3O3/c1-31-22-8-9-25(32-2)23(17-22)29-21-16-24(26(29)30)28(18-21)20-11-14-27(15-12-20)13-10-19-6-4-3-5-7-19/h3-9,17,20-21,24H,10-16,18H2,1-2H3/t21-,24-/m0/s1. The monoisotopic (exact) mass is 435 g/mol. The van der Waals surface area contributed by atoms with Crippen LogP contribution in [0.5, 0.6) is 11.5 Å². The molecular formula is C26H33N3O3. The van der Waals surface area contributed by atoms with Crippen molar-refractivity contribution < 1.29 is 14.3 Å². The third-order valence-electron chi connectivity index (χ3n) is 7.44. The van der Waals surface area contributed by atoms with Gasteiger partial charge in [-0.15, -0.1) is 0 Å². The molecule has 0 spiro atoms. The number of hydrogen-bond acceptors (Lipinski definition) is 5. The van der Waals surface area contributed by atoms with Gasteiger partial charge in [-0.3, -0.25) is 9.69 Å². The fourth-order valence-corrected chi connectivity index (χ4v) is 5.72. The Kier molecular flexibility index (Phi) is 6.07. The number of likely N-dealkylation sites (tertiary alicyclic amines) is 2. The van der Waals surface area contributed by atoms with Crippen LogP contribution in [0.15, 0.2) is 48.5 Å². The molecule has 6 heteroatoms. The van der Waals surface area contributed by atoms with Gasteiger partial charge in [-0.25, -0.2) is 0 Å². The Morgan fingerprint density at radius 2 is 1.75 bits per heavy atom. The van der Waals surface area contributed by atoms with Crippen LogP contribution >= 0.6 is 0 Å². The number of carbonyl (C=O) groups is 1. The second kappa shape index (κ2) is 9.12. The van der Waals surface area contributed by atoms with Crippen LogP contribution in [0, 0.1) is 0 Å². The molecule has 0 aromatic heterocycles. The Morgan fingerprint density at radius 3 is 2.44 bits per heavy atom. The molecule has 0 aliphatic carbocycles. The lowest BCUT2D eigenvalue weighted by Crippen LogP contribution is -2.56. The zero-order valence-electron chi connectivity index (χ0n) is 19.1. The van der Waals surface area contributed by atoms with Crippen LogP contribution in [-0.2, 0) is 11.2 Å². The molecule has 0 radical (unpaired) electrons. The number of ether oxygens (including phenoxy) is 2. The maximum atomic E-state index is 13.4. The number of benzene rings is 2. The molecule has 6 nitrogen and oxygen atoms in total. The summed E-state index contributed by atoms with van der Waals surface area (Å²) >= 11 is 0. The van der Waals surface area contributed by atoms with Crippen molar-refractivity contribution in [2.24, 2.45) is 0 Å². The van der Waals surface area contributed by atoms with Crippen LogP contribution in [0.4, 0.5) is 5.69 Å². The maximum absolute atomic E-state index is 13.4. The van der Waals surface area contributed by atoms with Crippen molar-refractivity contribution >= 4 is 11.6 Å². The Labute approximate surface area is 190 Å². The average molecular weight is 436 g/mol. The third kappa shape index (κ3) is 3.97. The first-order chi connectivity index (χ1) is 15.7. The SMILES string of the molecule is COc1ccc(OC)c(N2C(=O)[C@@H]3C[C@H]2CN3C2CCN(CCc3ccccc3)CC2)c1. The van der Waals surface area contributed by atoms with Crippen molar-refractivity contribution in [3.8, 4) is 11.5 Å². The molecule has 0 saturated carbocycles. The van der Waals surface area contributed by atoms with Gasteiger partial charge in [-0.1, -0.05) is 30.3 Å². The van der Waals surface area contributed by atoms with E-state index >= 15 is 0 Å². The van der Waals surface area contributed by atoms with E-state index in [2.05, 4.69) is 40.1 Å². The number of hydrogen-bond donors (Lipinski definition) is 0. The summed E-state index contributed by atoms with van der Waals surface area (Å²) < 4.78 is 10.9. The average Bonchev–Trinajstić information content (AvgIpc) is 3.41. The summed E-state index contributed by atoms with van der Waals surface area (Å²) in [6.07, 6.45) is 4.31. The van der Waals surface area contributed by atoms with Gasteiger partial charge in [0.25, 0.3) is 0 Å². The summed E-state index contributed by atoms with van der Waals surface area (Å²) in [7, 11) is 3.31. The van der Waals surface area contributed by atoms with E-state index < -0.39 is 0 Å². The van der Waals surface area contributed by atoms with Crippen molar-refractivity contribution in [3.05, 3.63) is 54.1 Å². The van der Waals surface area contributed by atoms with Gasteiger partial charge < -0.3 is 19.3 Å². The second-order valence-corrected chi connectivity index (χ2v) is 9.16. The van der Waals surface area contributed by atoms with E-state index in [0.29, 0.717) is 6.04 Å². The number of nitrogens with zero attached hydrogens (tertiary/aromatic N) is 3. The number of fused-ring (bicyclic) bond motifs is 2. The molecule has 2 bridgehead atoms. The van der Waals surface area contributed by atoms with E-state index in [9.17, 15) is 4.79 Å². The van der Waals surface area contributed by atoms with E-state index in [1.165, 1.54) is 5.56 Å². The van der Waals surface area contributed by atoms with Crippen LogP contribution in [0.25, 0.3) is 0 Å². The highest BCUT2D eigenvalue weighted by Crippen LogP contribution is 2.42. The van der Waals surface area contributed by atoms with Crippen LogP contribution in [0.2, 0.25) is 0 Å². The second-order valence-electron chi connectivity index (χ2n) is 9.16. The first-order valence-corrected chi connectivity index (χ1v) is 11.7. The fourth-order valence-electron chi connectivity index (χ4n) is 5.72. The predicted octanol–water partition coefficient (Wildman–Crippen LogP) is 3.20. The predicted molar refractivity (Wildman–Crippen MR) is 126 cm³/mol. The summed E-state index contributed by atoms with van der Waals surface area (Å²) in [5.74, 6) is 1.68. The summed E-state index contributed by atoms with van der Waals surface area (Å²) in [4.78, 5) is 20.4. The number of carbonyl (C=O) groups excluding carboxylic acids is 1. The minimum atomic E-state index is -0.00299. The number of piperidine rings is 1. The normalized spacial score (nSPS) is 24.3. The summed E-state index contributed by atoms with van der Waals surface area (Å²) in [5.41, 5.74) is 2.24. The molecule has 3 heterocycles. The van der Waals surface area contributed by atoms with E-state index in [1.54, 1.807) is 14.2 Å². The Hall–Kier alpha value is -2.57. The molecule has 3 aliphatic rings. The lowest BCUT2D eigenvalue weighted by molar-refractivity contribution is -0.124. The number of amides is 1. The molecular weight excluding hydrogens is 402 g/mol. The number of anilines is 1. The van der Waals surface area contributed by atoms with E-state index in [0.717, 1.165) is 69.0 Å². The Balaban J connectivity index is 1.19. The molecule has 1 amide bonds. The van der Waals surface area contributed by atoms with E-state index in [1.807, 2.05) is 23.1 Å². The highest BCUT2D eigenvalue weighted by Gasteiger charge is 2.52. The van der Waals surface area contributed by atoms with Crippen molar-refractivity contribution in [2.75, 3.05) is 45.3 Å². The minimum Gasteiger partial charge on any atom is -0.497 e. The molecule has 0 N–H and O–H groups in total. The van der Waals surface area contributed by atoms with Gasteiger partial charge in [-0.05, 0) is 56.5 Å². The largest absolute Gasteiger partial charge is 0.497 e. The van der Waals surface area contributed by atoms with E-state index in [4.69, 9.17) is 9.47 Å². The van der Waals surface area contributed by atoms with Crippen molar-refractivity contribution in [2.45, 2.75) is 43.8 Å². The summed E-state index contributed by atoms with van der Waals surface area (Å²) in [6.45, 7) is 4.30. The molecule has 0 unspecified atom stereocenters. The Bertz CT molecular complexity index is 943. The van der Waals surface area contributed by atoms with Crippen LogP contribution in [-0.4, -0.2) is 74.2 Å². The lowest BCUT2D eigenvalue weighted by Gasteiger charge is -2.42. The summed E-state index contributed by atoms with van der Waals surface area (Å²) in [5, 5.41) is 0. The molecule has 2 aromatic carbocycles. The topological polar surface area (TPSA) is 45.3 Å². The number of methoxy groups -OCH3 is 2. The molecule has 5 rings (SSSR count). The zero-order valence-corrected chi connectivity index (χ0v) is 19.1. The quantitative estimate of drug-likeness (QED) is 0.668. The molecule has 3 aliphatic heterocycles. The Morgan fingerprint density at radius 1 is 0.969 bits per heavy atom. The van der Waals surface area contributed by atoms with Crippen LogP contribution < -0.4 is 14.4 Å². The van der Waals surface area contributed by atoms with Gasteiger partial charge in [0.15, 0.2) is 0 Å². The molecule has 170 valence electrons. The van der Waals surface area contributed by atoms with Crippen molar-refractivity contribution in [3.63, 3.8) is 0 Å². The van der Waals surface area contributed by atoms with Gasteiger partial charge in [-0.2, -0.15) is 0 Å². The van der Waals surface area contributed by atoms with Crippen molar-refractivity contribution in [1.29, 1.82) is 0 Å². The van der Waals surface area contributed by atoms with Crippen LogP contribution in [0.3, 0.4) is 0 Å². The van der Waals surface area contributed by atoms with Crippen molar-refractivity contribution in [1.82, 2.24) is 9.80 Å². The van der Waals surface area contributed by atoms with Gasteiger partial charge in [0.05, 0.1) is 32.0 Å². The third-order valence-corrected chi connectivity index (χ3v) is 7.44. The van der Waals surface area contributed by atoms with Gasteiger partial charge >= 0.3 is 0 Å². The molecule has 32 heavy (non-hydrogen) atoms. The van der Waals surface area contributed by atoms with Gasteiger partial charge in [0, 0.05) is 25.2 Å². The zero-order chi connectivity index (χ0) is 22.1. The highest BCUT2D eigenvalue weighted by molar-refractivity contribution is 6.02. The first-order valence-electron chi connectivity index (χ1n) is 11.7. The molecule has 2 aromatic rings. The molecule has 3 fully saturated rings. The highest BCUT2D eigenvalue weighted by atomic mass is 16.5. The number of piperazine rings is 1.